The normalized spacial score (nSPS) is 12.9. The van der Waals surface area contributed by atoms with Gasteiger partial charge in [0, 0.05) is 0 Å². The van der Waals surface area contributed by atoms with Crippen LogP contribution in [0.4, 0.5) is 18.9 Å². The van der Waals surface area contributed by atoms with Crippen molar-refractivity contribution >= 4 is 21.6 Å². The number of benzene rings is 2. The number of alkyl halides is 3. The number of rotatable bonds is 8. The average molecular weight is 444 g/mol. The first-order chi connectivity index (χ1) is 13.9. The lowest BCUT2D eigenvalue weighted by molar-refractivity contribution is -0.137. The SMILES string of the molecule is Cc1ccc(OCC(C)NC(=O)CN(c2ccc(C(F)(F)F)cc2)S(C)(=O)=O)cc1. The maximum atomic E-state index is 12.7. The Balaban J connectivity index is 2.00. The van der Waals surface area contributed by atoms with Crippen LogP contribution in [0.25, 0.3) is 0 Å². The highest BCUT2D eigenvalue weighted by atomic mass is 32.2. The number of aryl methyl sites for hydroxylation is 1. The number of hydrogen-bond donors (Lipinski definition) is 1. The van der Waals surface area contributed by atoms with Crippen LogP contribution in [0.2, 0.25) is 0 Å². The van der Waals surface area contributed by atoms with Crippen molar-refractivity contribution in [2.75, 3.05) is 23.7 Å². The van der Waals surface area contributed by atoms with E-state index in [1.165, 1.54) is 0 Å². The Bertz CT molecular complexity index is 959. The van der Waals surface area contributed by atoms with Crippen LogP contribution in [0.1, 0.15) is 18.1 Å². The van der Waals surface area contributed by atoms with Crippen molar-refractivity contribution in [3.05, 3.63) is 59.7 Å². The van der Waals surface area contributed by atoms with Gasteiger partial charge >= 0.3 is 6.18 Å². The second-order valence-corrected chi connectivity index (χ2v) is 8.81. The molecule has 2 rings (SSSR count). The zero-order valence-corrected chi connectivity index (χ0v) is 17.5. The Morgan fingerprint density at radius 3 is 2.17 bits per heavy atom. The maximum Gasteiger partial charge on any atom is 0.416 e. The molecule has 0 aliphatic heterocycles. The van der Waals surface area contributed by atoms with Gasteiger partial charge in [0.05, 0.1) is 23.5 Å². The van der Waals surface area contributed by atoms with Gasteiger partial charge in [0.2, 0.25) is 15.9 Å². The first kappa shape index (κ1) is 23.5. The molecule has 1 unspecified atom stereocenters. The Morgan fingerprint density at radius 1 is 1.10 bits per heavy atom. The van der Waals surface area contributed by atoms with E-state index in [1.807, 2.05) is 19.1 Å². The zero-order valence-electron chi connectivity index (χ0n) is 16.7. The number of sulfonamides is 1. The van der Waals surface area contributed by atoms with Crippen LogP contribution in [-0.4, -0.2) is 39.8 Å². The maximum absolute atomic E-state index is 12.7. The summed E-state index contributed by atoms with van der Waals surface area (Å²) in [5, 5.41) is 2.62. The van der Waals surface area contributed by atoms with Crippen LogP contribution in [0.3, 0.4) is 0 Å². The van der Waals surface area contributed by atoms with E-state index in [1.54, 1.807) is 19.1 Å². The molecule has 0 aromatic heterocycles. The van der Waals surface area contributed by atoms with Gasteiger partial charge in [-0.3, -0.25) is 9.10 Å². The fourth-order valence-corrected chi connectivity index (χ4v) is 3.42. The minimum absolute atomic E-state index is 0.0378. The highest BCUT2D eigenvalue weighted by Crippen LogP contribution is 2.30. The first-order valence-electron chi connectivity index (χ1n) is 9.00. The van der Waals surface area contributed by atoms with Crippen molar-refractivity contribution in [3.8, 4) is 5.75 Å². The minimum atomic E-state index is -4.54. The molecule has 0 heterocycles. The molecule has 164 valence electrons. The van der Waals surface area contributed by atoms with Gasteiger partial charge in [-0.1, -0.05) is 17.7 Å². The van der Waals surface area contributed by atoms with E-state index >= 15 is 0 Å². The summed E-state index contributed by atoms with van der Waals surface area (Å²) in [7, 11) is -3.90. The molecule has 10 heteroatoms. The predicted octanol–water partition coefficient (Wildman–Crippen LogP) is 3.36. The number of carbonyl (C=O) groups excluding carboxylic acids is 1. The molecule has 0 fully saturated rings. The van der Waals surface area contributed by atoms with Crippen LogP contribution in [0.15, 0.2) is 48.5 Å². The third kappa shape index (κ3) is 6.94. The lowest BCUT2D eigenvalue weighted by Gasteiger charge is -2.23. The summed E-state index contributed by atoms with van der Waals surface area (Å²) in [6.45, 7) is 3.22. The van der Waals surface area contributed by atoms with Gasteiger partial charge in [-0.25, -0.2) is 8.42 Å². The summed E-state index contributed by atoms with van der Waals surface area (Å²) >= 11 is 0. The van der Waals surface area contributed by atoms with Crippen LogP contribution in [0.5, 0.6) is 5.75 Å². The molecule has 2 aromatic rings. The van der Waals surface area contributed by atoms with Gasteiger partial charge in [-0.2, -0.15) is 13.2 Å². The number of halogens is 3. The lowest BCUT2D eigenvalue weighted by Crippen LogP contribution is -2.44. The van der Waals surface area contributed by atoms with Gasteiger partial charge in [0.1, 0.15) is 18.9 Å². The van der Waals surface area contributed by atoms with Crippen LogP contribution < -0.4 is 14.4 Å². The van der Waals surface area contributed by atoms with E-state index in [0.29, 0.717) is 5.75 Å². The van der Waals surface area contributed by atoms with Crippen molar-refractivity contribution in [1.29, 1.82) is 0 Å². The van der Waals surface area contributed by atoms with Crippen molar-refractivity contribution < 1.29 is 31.1 Å². The standard InChI is InChI=1S/C20H23F3N2O4S/c1-14-4-10-18(11-5-14)29-13-15(2)24-19(26)12-25(30(3,27)28)17-8-6-16(7-9-17)20(21,22)23/h4-11,15H,12-13H2,1-3H3,(H,24,26). The molecule has 0 saturated heterocycles. The Morgan fingerprint density at radius 2 is 1.67 bits per heavy atom. The fraction of sp³-hybridized carbons (Fsp3) is 0.350. The molecule has 0 aliphatic carbocycles. The summed E-state index contributed by atoms with van der Waals surface area (Å²) in [5.41, 5.74) is 0.128. The summed E-state index contributed by atoms with van der Waals surface area (Å²) < 4.78 is 68.6. The van der Waals surface area contributed by atoms with E-state index in [4.69, 9.17) is 4.74 Å². The third-order valence-corrected chi connectivity index (χ3v) is 5.24. The Hall–Kier alpha value is -2.75. The van der Waals surface area contributed by atoms with E-state index < -0.39 is 40.3 Å². The van der Waals surface area contributed by atoms with E-state index in [9.17, 15) is 26.4 Å². The zero-order chi connectivity index (χ0) is 22.5. The molecular formula is C20H23F3N2O4S. The van der Waals surface area contributed by atoms with Crippen molar-refractivity contribution in [1.82, 2.24) is 5.32 Å². The molecule has 6 nitrogen and oxygen atoms in total. The molecular weight excluding hydrogens is 421 g/mol. The Kier molecular flexibility index (Phi) is 7.35. The van der Waals surface area contributed by atoms with Gasteiger partial charge in [-0.05, 0) is 50.2 Å². The van der Waals surface area contributed by atoms with Crippen molar-refractivity contribution in [2.45, 2.75) is 26.1 Å². The monoisotopic (exact) mass is 444 g/mol. The van der Waals surface area contributed by atoms with Crippen LogP contribution in [-0.2, 0) is 21.0 Å². The number of nitrogens with one attached hydrogen (secondary N) is 1. The molecule has 1 atom stereocenters. The molecule has 0 aliphatic rings. The lowest BCUT2D eigenvalue weighted by atomic mass is 10.2. The summed E-state index contributed by atoms with van der Waals surface area (Å²) in [6, 6.07) is 10.5. The van der Waals surface area contributed by atoms with Crippen LogP contribution in [0, 0.1) is 6.92 Å². The number of carbonyl (C=O) groups is 1. The van der Waals surface area contributed by atoms with Gasteiger partial charge in [-0.15, -0.1) is 0 Å². The van der Waals surface area contributed by atoms with Gasteiger partial charge in [0.25, 0.3) is 0 Å². The van der Waals surface area contributed by atoms with Gasteiger partial charge < -0.3 is 10.1 Å². The Labute approximate surface area is 173 Å². The molecule has 1 N–H and O–H groups in total. The van der Waals surface area contributed by atoms with Crippen molar-refractivity contribution in [3.63, 3.8) is 0 Å². The second kappa shape index (κ2) is 9.38. The van der Waals surface area contributed by atoms with Crippen LogP contribution >= 0.6 is 0 Å². The smallest absolute Gasteiger partial charge is 0.416 e. The van der Waals surface area contributed by atoms with Crippen molar-refractivity contribution in [2.24, 2.45) is 0 Å². The fourth-order valence-electron chi connectivity index (χ4n) is 2.56. The molecule has 0 bridgehead atoms. The topological polar surface area (TPSA) is 75.7 Å². The number of hydrogen-bond acceptors (Lipinski definition) is 4. The first-order valence-corrected chi connectivity index (χ1v) is 10.8. The second-order valence-electron chi connectivity index (χ2n) is 6.91. The van der Waals surface area contributed by atoms with E-state index in [-0.39, 0.29) is 12.3 Å². The highest BCUT2D eigenvalue weighted by molar-refractivity contribution is 7.92. The average Bonchev–Trinajstić information content (AvgIpc) is 2.64. The molecule has 0 saturated carbocycles. The minimum Gasteiger partial charge on any atom is -0.491 e. The third-order valence-electron chi connectivity index (χ3n) is 4.10. The molecule has 2 aromatic carbocycles. The number of amides is 1. The number of nitrogens with zero attached hydrogens (tertiary/aromatic N) is 1. The van der Waals surface area contributed by atoms with E-state index in [2.05, 4.69) is 5.32 Å². The summed E-state index contributed by atoms with van der Waals surface area (Å²) in [5.74, 6) is 0.0181. The number of ether oxygens (including phenoxy) is 1. The molecule has 0 radical (unpaired) electrons. The largest absolute Gasteiger partial charge is 0.491 e. The number of anilines is 1. The highest BCUT2D eigenvalue weighted by Gasteiger charge is 2.31. The van der Waals surface area contributed by atoms with E-state index in [0.717, 1.165) is 40.4 Å². The molecule has 1 amide bonds. The molecule has 0 spiro atoms. The predicted molar refractivity (Wildman–Crippen MR) is 108 cm³/mol. The summed E-state index contributed by atoms with van der Waals surface area (Å²) in [6.07, 6.45) is -3.67. The quantitative estimate of drug-likeness (QED) is 0.678. The summed E-state index contributed by atoms with van der Waals surface area (Å²) in [4.78, 5) is 12.3. The van der Waals surface area contributed by atoms with Gasteiger partial charge in [0.15, 0.2) is 0 Å². The molecule has 30 heavy (non-hydrogen) atoms.